The van der Waals surface area contributed by atoms with Crippen LogP contribution >= 0.6 is 35.0 Å². The van der Waals surface area contributed by atoms with Crippen LogP contribution in [-0.2, 0) is 0 Å². The molecule has 18 heavy (non-hydrogen) atoms. The van der Waals surface area contributed by atoms with Crippen LogP contribution in [0.1, 0.15) is 37.6 Å². The predicted molar refractivity (Wildman–Crippen MR) is 82.2 cm³/mol. The minimum atomic E-state index is -0.0672. The highest BCUT2D eigenvalue weighted by Crippen LogP contribution is 2.25. The smallest absolute Gasteiger partial charge is 0.177 e. The van der Waals surface area contributed by atoms with Gasteiger partial charge in [0.15, 0.2) is 5.78 Å². The van der Waals surface area contributed by atoms with Crippen molar-refractivity contribution in [2.45, 2.75) is 32.4 Å². The minimum absolute atomic E-state index is 0.0672. The molecule has 0 heterocycles. The molecular formula is C14H18Cl2OS. The maximum Gasteiger partial charge on any atom is 0.177 e. The molecule has 0 saturated heterocycles. The SMILES string of the molecule is CC(C)CCSC(C)C(=O)c1ccc(Cl)cc1Cl. The standard InChI is InChI=1S/C14H18Cl2OS/c1-9(2)6-7-18-10(3)14(17)12-5-4-11(15)8-13(12)16/h4-5,8-10H,6-7H2,1-3H3. The lowest BCUT2D eigenvalue weighted by atomic mass is 10.1. The van der Waals surface area contributed by atoms with E-state index >= 15 is 0 Å². The second-order valence-corrected chi connectivity index (χ2v) is 6.98. The highest BCUT2D eigenvalue weighted by molar-refractivity contribution is 8.00. The highest BCUT2D eigenvalue weighted by atomic mass is 35.5. The Labute approximate surface area is 123 Å². The molecule has 1 atom stereocenters. The van der Waals surface area contributed by atoms with E-state index in [4.69, 9.17) is 23.2 Å². The maximum atomic E-state index is 12.2. The Bertz CT molecular complexity index is 418. The van der Waals surface area contributed by atoms with Gasteiger partial charge in [-0.05, 0) is 43.2 Å². The second-order valence-electron chi connectivity index (χ2n) is 4.68. The third-order valence-electron chi connectivity index (χ3n) is 2.63. The van der Waals surface area contributed by atoms with Crippen LogP contribution in [0.25, 0.3) is 0 Å². The van der Waals surface area contributed by atoms with Gasteiger partial charge in [-0.25, -0.2) is 0 Å². The molecule has 0 radical (unpaired) electrons. The quantitative estimate of drug-likeness (QED) is 0.659. The van der Waals surface area contributed by atoms with Crippen molar-refractivity contribution in [3.05, 3.63) is 33.8 Å². The summed E-state index contributed by atoms with van der Waals surface area (Å²) in [6.45, 7) is 6.30. The average molecular weight is 305 g/mol. The van der Waals surface area contributed by atoms with E-state index in [1.807, 2.05) is 6.92 Å². The van der Waals surface area contributed by atoms with Crippen molar-refractivity contribution >= 4 is 40.7 Å². The van der Waals surface area contributed by atoms with E-state index in [9.17, 15) is 4.79 Å². The molecule has 0 spiro atoms. The van der Waals surface area contributed by atoms with Crippen LogP contribution in [0.2, 0.25) is 10.0 Å². The molecule has 1 aromatic rings. The van der Waals surface area contributed by atoms with Crippen molar-refractivity contribution < 1.29 is 4.79 Å². The zero-order valence-corrected chi connectivity index (χ0v) is 13.2. The Balaban J connectivity index is 2.63. The minimum Gasteiger partial charge on any atom is -0.293 e. The monoisotopic (exact) mass is 304 g/mol. The summed E-state index contributed by atoms with van der Waals surface area (Å²) in [5.41, 5.74) is 0.561. The van der Waals surface area contributed by atoms with Gasteiger partial charge in [-0.3, -0.25) is 4.79 Å². The predicted octanol–water partition coefficient (Wildman–Crippen LogP) is 5.34. The summed E-state index contributed by atoms with van der Waals surface area (Å²) in [5.74, 6) is 1.74. The molecule has 0 amide bonds. The highest BCUT2D eigenvalue weighted by Gasteiger charge is 2.18. The zero-order chi connectivity index (χ0) is 13.7. The summed E-state index contributed by atoms with van der Waals surface area (Å²) in [6.07, 6.45) is 1.12. The Kier molecular flexibility index (Phi) is 6.54. The first-order valence-electron chi connectivity index (χ1n) is 6.02. The van der Waals surface area contributed by atoms with Crippen LogP contribution in [0, 0.1) is 5.92 Å². The van der Waals surface area contributed by atoms with Gasteiger partial charge in [0.25, 0.3) is 0 Å². The van der Waals surface area contributed by atoms with Gasteiger partial charge < -0.3 is 0 Å². The molecule has 0 bridgehead atoms. The van der Waals surface area contributed by atoms with E-state index in [2.05, 4.69) is 13.8 Å². The molecule has 0 saturated carbocycles. The summed E-state index contributed by atoms with van der Waals surface area (Å²) in [4.78, 5) is 12.2. The molecular weight excluding hydrogens is 287 g/mol. The molecule has 1 rings (SSSR count). The molecule has 0 aliphatic carbocycles. The number of hydrogen-bond donors (Lipinski definition) is 0. The first-order chi connectivity index (χ1) is 8.41. The lowest BCUT2D eigenvalue weighted by Crippen LogP contribution is -2.15. The summed E-state index contributed by atoms with van der Waals surface area (Å²) in [5, 5.41) is 0.919. The Morgan fingerprint density at radius 3 is 2.50 bits per heavy atom. The van der Waals surface area contributed by atoms with Crippen molar-refractivity contribution in [3.8, 4) is 0 Å². The first-order valence-corrected chi connectivity index (χ1v) is 7.83. The van der Waals surface area contributed by atoms with Crippen LogP contribution in [0.5, 0.6) is 0 Å². The Morgan fingerprint density at radius 1 is 1.28 bits per heavy atom. The van der Waals surface area contributed by atoms with Gasteiger partial charge in [-0.2, -0.15) is 11.8 Å². The summed E-state index contributed by atoms with van der Waals surface area (Å²) in [7, 11) is 0. The molecule has 1 aromatic carbocycles. The number of thioether (sulfide) groups is 1. The molecule has 1 nitrogen and oxygen atoms in total. The number of rotatable bonds is 6. The number of ketones is 1. The third-order valence-corrected chi connectivity index (χ3v) is 4.36. The normalized spacial score (nSPS) is 12.8. The van der Waals surface area contributed by atoms with E-state index in [1.165, 1.54) is 0 Å². The van der Waals surface area contributed by atoms with Gasteiger partial charge in [0.2, 0.25) is 0 Å². The lowest BCUT2D eigenvalue weighted by Gasteiger charge is -2.12. The fourth-order valence-corrected chi connectivity index (χ4v) is 3.21. The number of hydrogen-bond acceptors (Lipinski definition) is 2. The molecule has 1 unspecified atom stereocenters. The maximum absolute atomic E-state index is 12.2. The van der Waals surface area contributed by atoms with Gasteiger partial charge in [0.05, 0.1) is 10.3 Å². The molecule has 0 N–H and O–H groups in total. The molecule has 0 aromatic heterocycles. The number of carbonyl (C=O) groups excluding carboxylic acids is 1. The van der Waals surface area contributed by atoms with Gasteiger partial charge >= 0.3 is 0 Å². The first kappa shape index (κ1) is 15.9. The van der Waals surface area contributed by atoms with Crippen LogP contribution in [0.15, 0.2) is 18.2 Å². The van der Waals surface area contributed by atoms with E-state index < -0.39 is 0 Å². The fraction of sp³-hybridized carbons (Fsp3) is 0.500. The van der Waals surface area contributed by atoms with Gasteiger partial charge in [0.1, 0.15) is 0 Å². The lowest BCUT2D eigenvalue weighted by molar-refractivity contribution is 0.0994. The summed E-state index contributed by atoms with van der Waals surface area (Å²) in [6, 6.07) is 5.01. The third kappa shape index (κ3) is 4.83. The van der Waals surface area contributed by atoms with Gasteiger partial charge in [-0.1, -0.05) is 37.0 Å². The van der Waals surface area contributed by atoms with Crippen molar-refractivity contribution in [1.29, 1.82) is 0 Å². The number of benzene rings is 1. The van der Waals surface area contributed by atoms with Gasteiger partial charge in [-0.15, -0.1) is 0 Å². The molecule has 0 aliphatic heterocycles. The Hall–Kier alpha value is -0.180. The largest absolute Gasteiger partial charge is 0.293 e. The Morgan fingerprint density at radius 2 is 1.94 bits per heavy atom. The van der Waals surface area contributed by atoms with E-state index in [1.54, 1.807) is 30.0 Å². The van der Waals surface area contributed by atoms with Crippen LogP contribution in [-0.4, -0.2) is 16.8 Å². The van der Waals surface area contributed by atoms with Crippen molar-refractivity contribution in [1.82, 2.24) is 0 Å². The molecule has 4 heteroatoms. The van der Waals surface area contributed by atoms with E-state index in [0.29, 0.717) is 21.5 Å². The van der Waals surface area contributed by atoms with E-state index in [0.717, 1.165) is 12.2 Å². The number of halogens is 2. The fourth-order valence-electron chi connectivity index (χ4n) is 1.46. The zero-order valence-electron chi connectivity index (χ0n) is 10.9. The molecule has 0 fully saturated rings. The van der Waals surface area contributed by atoms with E-state index in [-0.39, 0.29) is 11.0 Å². The molecule has 100 valence electrons. The average Bonchev–Trinajstić information content (AvgIpc) is 2.27. The summed E-state index contributed by atoms with van der Waals surface area (Å²) < 4.78 is 0. The topological polar surface area (TPSA) is 17.1 Å². The van der Waals surface area contributed by atoms with Crippen molar-refractivity contribution in [2.75, 3.05) is 5.75 Å². The van der Waals surface area contributed by atoms with Crippen molar-refractivity contribution in [3.63, 3.8) is 0 Å². The van der Waals surface area contributed by atoms with Crippen LogP contribution in [0.3, 0.4) is 0 Å². The van der Waals surface area contributed by atoms with Crippen LogP contribution in [0.4, 0.5) is 0 Å². The number of Topliss-reactive ketones (excluding diaryl/α,β-unsaturated/α-hetero) is 1. The van der Waals surface area contributed by atoms with Crippen LogP contribution < -0.4 is 0 Å². The summed E-state index contributed by atoms with van der Waals surface area (Å²) >= 11 is 13.5. The second kappa shape index (κ2) is 7.42. The molecule has 0 aliphatic rings. The number of carbonyl (C=O) groups is 1. The van der Waals surface area contributed by atoms with Crippen molar-refractivity contribution in [2.24, 2.45) is 5.92 Å². The van der Waals surface area contributed by atoms with Gasteiger partial charge in [0, 0.05) is 10.6 Å².